The SMILES string of the molecule is COc1ccc2c(c1)c(/C=C1\Oc3cc(OC(=O)N(C)c4ccccc4)cc(OC(=O)N(C)c4ccccc4)c3C1=O)cn2CCCN(C)C. The Morgan fingerprint density at radius 3 is 2.06 bits per heavy atom. The Balaban J connectivity index is 1.36. The Labute approximate surface area is 290 Å². The number of methoxy groups -OCH3 is 1. The molecule has 0 atom stereocenters. The zero-order valence-electron chi connectivity index (χ0n) is 28.6. The van der Waals surface area contributed by atoms with Gasteiger partial charge in [0.15, 0.2) is 11.5 Å². The van der Waals surface area contributed by atoms with E-state index in [0.717, 1.165) is 36.0 Å². The maximum atomic E-state index is 14.0. The number of aromatic nitrogens is 1. The van der Waals surface area contributed by atoms with Gasteiger partial charge in [-0.05, 0) is 75.6 Å². The number of fused-ring (bicyclic) bond motifs is 2. The highest BCUT2D eigenvalue weighted by Crippen LogP contribution is 2.43. The summed E-state index contributed by atoms with van der Waals surface area (Å²) in [4.78, 5) is 45.3. The van der Waals surface area contributed by atoms with E-state index in [1.165, 1.54) is 21.9 Å². The number of ketones is 1. The molecule has 2 amide bonds. The number of amides is 2. The lowest BCUT2D eigenvalue weighted by Crippen LogP contribution is -2.30. The Morgan fingerprint density at radius 1 is 0.800 bits per heavy atom. The van der Waals surface area contributed by atoms with Crippen LogP contribution >= 0.6 is 0 Å². The predicted octanol–water partition coefficient (Wildman–Crippen LogP) is 7.49. The van der Waals surface area contributed by atoms with E-state index in [1.807, 2.05) is 50.6 Å². The average molecular weight is 675 g/mol. The fourth-order valence-electron chi connectivity index (χ4n) is 5.67. The van der Waals surface area contributed by atoms with Crippen LogP contribution in [0, 0.1) is 0 Å². The quantitative estimate of drug-likeness (QED) is 0.141. The second-order valence-corrected chi connectivity index (χ2v) is 12.1. The zero-order valence-corrected chi connectivity index (χ0v) is 28.6. The van der Waals surface area contributed by atoms with Gasteiger partial charge in [0.2, 0.25) is 5.78 Å². The third-order valence-electron chi connectivity index (χ3n) is 8.36. The van der Waals surface area contributed by atoms with E-state index in [1.54, 1.807) is 75.8 Å². The first kappa shape index (κ1) is 33.8. The van der Waals surface area contributed by atoms with Crippen LogP contribution in [0.2, 0.25) is 0 Å². The molecule has 0 aliphatic carbocycles. The van der Waals surface area contributed by atoms with Crippen LogP contribution in [-0.2, 0) is 6.54 Å². The van der Waals surface area contributed by atoms with Gasteiger partial charge in [-0.25, -0.2) is 9.59 Å². The van der Waals surface area contributed by atoms with E-state index in [4.69, 9.17) is 18.9 Å². The highest BCUT2D eigenvalue weighted by atomic mass is 16.6. The summed E-state index contributed by atoms with van der Waals surface area (Å²) in [5, 5.41) is 0.878. The van der Waals surface area contributed by atoms with Gasteiger partial charge in [0.1, 0.15) is 22.8 Å². The van der Waals surface area contributed by atoms with Crippen molar-refractivity contribution in [2.75, 3.05) is 51.6 Å². The van der Waals surface area contributed by atoms with Crippen molar-refractivity contribution in [3.05, 3.63) is 114 Å². The first-order chi connectivity index (χ1) is 24.1. The van der Waals surface area contributed by atoms with E-state index in [0.29, 0.717) is 17.1 Å². The summed E-state index contributed by atoms with van der Waals surface area (Å²) < 4.78 is 25.3. The Morgan fingerprint density at radius 2 is 1.44 bits per heavy atom. The lowest BCUT2D eigenvalue weighted by Gasteiger charge is -2.19. The molecule has 0 saturated carbocycles. The second kappa shape index (κ2) is 14.6. The number of Topliss-reactive ketones (excluding diaryl/α,β-unsaturated/α-hetero) is 1. The van der Waals surface area contributed by atoms with Crippen LogP contribution in [0.1, 0.15) is 22.3 Å². The van der Waals surface area contributed by atoms with Crippen molar-refractivity contribution in [1.29, 1.82) is 0 Å². The van der Waals surface area contributed by atoms with Gasteiger partial charge >= 0.3 is 12.2 Å². The molecule has 4 aromatic carbocycles. The molecule has 0 bridgehead atoms. The zero-order chi connectivity index (χ0) is 35.4. The summed E-state index contributed by atoms with van der Waals surface area (Å²) in [6.45, 7) is 1.68. The standard InChI is InChI=1S/C39H38N4O7/c1-40(2)19-12-20-43-25-26(31-22-29(47-5)17-18-32(31)43)21-35-37(44)36-33(49-35)23-30(48-38(45)41(3)27-13-8-6-9-14-27)24-34(36)50-39(46)42(4)28-15-10-7-11-16-28/h6-11,13-18,21-25H,12,19-20H2,1-5H3/b35-21-. The number of allylic oxidation sites excluding steroid dienone is 1. The van der Waals surface area contributed by atoms with Crippen molar-refractivity contribution in [1.82, 2.24) is 9.47 Å². The van der Waals surface area contributed by atoms with Crippen molar-refractivity contribution in [3.63, 3.8) is 0 Å². The summed E-state index contributed by atoms with van der Waals surface area (Å²) >= 11 is 0. The maximum absolute atomic E-state index is 14.0. The van der Waals surface area contributed by atoms with Gasteiger partial charge in [-0.1, -0.05) is 36.4 Å². The largest absolute Gasteiger partial charge is 0.497 e. The predicted molar refractivity (Wildman–Crippen MR) is 193 cm³/mol. The first-order valence-electron chi connectivity index (χ1n) is 16.1. The molecule has 1 aromatic heterocycles. The van der Waals surface area contributed by atoms with Gasteiger partial charge in [-0.2, -0.15) is 0 Å². The number of nitrogens with zero attached hydrogens (tertiary/aromatic N) is 4. The molecular weight excluding hydrogens is 636 g/mol. The van der Waals surface area contributed by atoms with E-state index >= 15 is 0 Å². The smallest absolute Gasteiger partial charge is 0.419 e. The van der Waals surface area contributed by atoms with Gasteiger partial charge in [-0.3, -0.25) is 14.6 Å². The average Bonchev–Trinajstić information content (AvgIpc) is 3.63. The molecule has 0 unspecified atom stereocenters. The fraction of sp³-hybridized carbons (Fsp3) is 0.205. The summed E-state index contributed by atoms with van der Waals surface area (Å²) in [6.07, 6.45) is 3.14. The summed E-state index contributed by atoms with van der Waals surface area (Å²) in [6, 6.07) is 26.5. The van der Waals surface area contributed by atoms with Gasteiger partial charge < -0.3 is 28.4 Å². The number of hydrogen-bond donors (Lipinski definition) is 0. The first-order valence-corrected chi connectivity index (χ1v) is 16.1. The molecule has 5 aromatic rings. The van der Waals surface area contributed by atoms with Crippen LogP contribution in [0.5, 0.6) is 23.0 Å². The van der Waals surface area contributed by atoms with Crippen molar-refractivity contribution in [2.45, 2.75) is 13.0 Å². The summed E-state index contributed by atoms with van der Waals surface area (Å²) in [5.74, 6) is 0.217. The molecule has 1 aliphatic heterocycles. The topological polar surface area (TPSA) is 103 Å². The highest BCUT2D eigenvalue weighted by molar-refractivity contribution is 6.17. The molecular formula is C39H38N4O7. The lowest BCUT2D eigenvalue weighted by atomic mass is 10.1. The van der Waals surface area contributed by atoms with Crippen LogP contribution in [0.25, 0.3) is 17.0 Å². The molecule has 0 saturated heterocycles. The lowest BCUT2D eigenvalue weighted by molar-refractivity contribution is 0.101. The van der Waals surface area contributed by atoms with Gasteiger partial charge in [0.25, 0.3) is 0 Å². The summed E-state index contributed by atoms with van der Waals surface area (Å²) in [7, 11) is 8.81. The number of aryl methyl sites for hydroxylation is 1. The van der Waals surface area contributed by atoms with Crippen molar-refractivity contribution < 1.29 is 33.3 Å². The number of rotatable bonds is 10. The van der Waals surface area contributed by atoms with Crippen molar-refractivity contribution in [3.8, 4) is 23.0 Å². The molecule has 11 heteroatoms. The second-order valence-electron chi connectivity index (χ2n) is 12.1. The highest BCUT2D eigenvalue weighted by Gasteiger charge is 2.34. The molecule has 0 radical (unpaired) electrons. The fourth-order valence-corrected chi connectivity index (χ4v) is 5.67. The van der Waals surface area contributed by atoms with Crippen LogP contribution < -0.4 is 28.7 Å². The number of carbonyl (C=O) groups is 3. The molecule has 2 heterocycles. The maximum Gasteiger partial charge on any atom is 0.419 e. The molecule has 11 nitrogen and oxygen atoms in total. The molecule has 50 heavy (non-hydrogen) atoms. The van der Waals surface area contributed by atoms with Crippen molar-refractivity contribution in [2.24, 2.45) is 0 Å². The number of anilines is 2. The normalized spacial score (nSPS) is 12.9. The minimum Gasteiger partial charge on any atom is -0.497 e. The minimum absolute atomic E-state index is 0.0220. The van der Waals surface area contributed by atoms with E-state index in [2.05, 4.69) is 9.47 Å². The number of para-hydroxylation sites is 2. The monoisotopic (exact) mass is 674 g/mol. The Bertz CT molecular complexity index is 2070. The van der Waals surface area contributed by atoms with E-state index < -0.39 is 18.0 Å². The molecule has 256 valence electrons. The molecule has 6 rings (SSSR count). The van der Waals surface area contributed by atoms with Gasteiger partial charge in [0, 0.05) is 66.8 Å². The Hall–Kier alpha value is -6.07. The van der Waals surface area contributed by atoms with Crippen molar-refractivity contribution >= 4 is 46.3 Å². The third-order valence-corrected chi connectivity index (χ3v) is 8.36. The summed E-state index contributed by atoms with van der Waals surface area (Å²) in [5.41, 5.74) is 2.97. The molecule has 1 aliphatic rings. The third kappa shape index (κ3) is 7.18. The number of ether oxygens (including phenoxy) is 4. The van der Waals surface area contributed by atoms with E-state index in [9.17, 15) is 14.4 Å². The molecule has 0 spiro atoms. The number of benzene rings is 4. The molecule has 0 fully saturated rings. The van der Waals surface area contributed by atoms with Crippen LogP contribution in [0.4, 0.5) is 21.0 Å². The van der Waals surface area contributed by atoms with E-state index in [-0.39, 0.29) is 28.6 Å². The Kier molecular flexibility index (Phi) is 9.87. The molecule has 0 N–H and O–H groups in total. The number of hydrogen-bond acceptors (Lipinski definition) is 8. The van der Waals surface area contributed by atoms with Gasteiger partial charge in [-0.15, -0.1) is 0 Å². The van der Waals surface area contributed by atoms with Crippen LogP contribution in [-0.4, -0.2) is 69.3 Å². The minimum atomic E-state index is -0.749. The van der Waals surface area contributed by atoms with Gasteiger partial charge in [0.05, 0.1) is 7.11 Å². The van der Waals surface area contributed by atoms with Crippen LogP contribution in [0.3, 0.4) is 0 Å². The number of carbonyl (C=O) groups excluding carboxylic acids is 3. The van der Waals surface area contributed by atoms with Crippen LogP contribution in [0.15, 0.2) is 103 Å².